The summed E-state index contributed by atoms with van der Waals surface area (Å²) in [6, 6.07) is 10.3. The van der Waals surface area contributed by atoms with Crippen molar-refractivity contribution in [1.82, 2.24) is 4.90 Å². The van der Waals surface area contributed by atoms with Gasteiger partial charge in [-0.1, -0.05) is 74.4 Å². The summed E-state index contributed by atoms with van der Waals surface area (Å²) in [6.45, 7) is 16.6. The summed E-state index contributed by atoms with van der Waals surface area (Å²) in [7, 11) is 0. The lowest BCUT2D eigenvalue weighted by atomic mass is 9.81. The van der Waals surface area contributed by atoms with E-state index in [1.165, 1.54) is 0 Å². The fourth-order valence-corrected chi connectivity index (χ4v) is 3.98. The molecule has 0 fully saturated rings. The van der Waals surface area contributed by atoms with Crippen LogP contribution in [0, 0.1) is 5.92 Å². The summed E-state index contributed by atoms with van der Waals surface area (Å²) in [4.78, 5) is 1.99. The van der Waals surface area contributed by atoms with E-state index in [-0.39, 0.29) is 18.0 Å². The highest BCUT2D eigenvalue weighted by molar-refractivity contribution is 5.55. The van der Waals surface area contributed by atoms with Gasteiger partial charge in [-0.3, -0.25) is 0 Å². The third kappa shape index (κ3) is 4.64. The molecule has 1 aliphatic heterocycles. The van der Waals surface area contributed by atoms with Gasteiger partial charge < -0.3 is 16.4 Å². The molecule has 3 nitrogen and oxygen atoms in total. The van der Waals surface area contributed by atoms with Gasteiger partial charge in [-0.15, -0.1) is 0 Å². The molecule has 0 amide bonds. The van der Waals surface area contributed by atoms with Gasteiger partial charge in [-0.05, 0) is 49.0 Å². The van der Waals surface area contributed by atoms with Crippen molar-refractivity contribution in [2.45, 2.75) is 38.3 Å². The van der Waals surface area contributed by atoms with Gasteiger partial charge in [-0.25, -0.2) is 0 Å². The van der Waals surface area contributed by atoms with E-state index in [0.717, 1.165) is 40.1 Å². The zero-order valence-electron chi connectivity index (χ0n) is 18.1. The molecular formula is C27H33N3. The number of hydrogen-bond acceptors (Lipinski definition) is 3. The zero-order valence-corrected chi connectivity index (χ0v) is 18.1. The van der Waals surface area contributed by atoms with Gasteiger partial charge in [0.15, 0.2) is 0 Å². The Labute approximate surface area is 181 Å². The first-order valence-corrected chi connectivity index (χ1v) is 10.5. The molecule has 0 radical (unpaired) electrons. The normalized spacial score (nSPS) is 23.3. The van der Waals surface area contributed by atoms with Gasteiger partial charge in [-0.2, -0.15) is 0 Å². The summed E-state index contributed by atoms with van der Waals surface area (Å²) in [6.07, 6.45) is 13.6. The Kier molecular flexibility index (Phi) is 6.76. The summed E-state index contributed by atoms with van der Waals surface area (Å²) in [5.74, 6) is 0.345. The topological polar surface area (TPSA) is 55.3 Å². The maximum Gasteiger partial charge on any atom is 0.0455 e. The number of nitrogens with two attached hydrogens (primary N) is 2. The minimum absolute atomic E-state index is 0.0177. The third-order valence-corrected chi connectivity index (χ3v) is 5.92. The maximum atomic E-state index is 6.84. The number of benzene rings is 1. The van der Waals surface area contributed by atoms with Crippen molar-refractivity contribution in [3.63, 3.8) is 0 Å². The fraction of sp³-hybridized carbons (Fsp3) is 0.259. The molecule has 0 saturated carbocycles. The lowest BCUT2D eigenvalue weighted by molar-refractivity contribution is 0.531. The first-order chi connectivity index (χ1) is 14.3. The van der Waals surface area contributed by atoms with Crippen LogP contribution in [-0.2, 0) is 0 Å². The molecule has 1 aromatic carbocycles. The minimum Gasteiger partial charge on any atom is -0.327 e. The first-order valence-electron chi connectivity index (χ1n) is 10.5. The van der Waals surface area contributed by atoms with Crippen molar-refractivity contribution in [2.75, 3.05) is 0 Å². The molecule has 3 heteroatoms. The average Bonchev–Trinajstić information content (AvgIpc) is 2.73. The van der Waals surface area contributed by atoms with Crippen LogP contribution >= 0.6 is 0 Å². The van der Waals surface area contributed by atoms with Crippen molar-refractivity contribution >= 4 is 0 Å². The number of nitrogens with zero attached hydrogens (tertiary/aromatic N) is 1. The van der Waals surface area contributed by atoms with Gasteiger partial charge in [0.05, 0.1) is 0 Å². The molecule has 2 aliphatic rings. The highest BCUT2D eigenvalue weighted by Crippen LogP contribution is 2.35. The Morgan fingerprint density at radius 3 is 2.43 bits per heavy atom. The van der Waals surface area contributed by atoms with Gasteiger partial charge >= 0.3 is 0 Å². The van der Waals surface area contributed by atoms with Gasteiger partial charge in [0.2, 0.25) is 0 Å². The van der Waals surface area contributed by atoms with Crippen LogP contribution in [0.15, 0.2) is 115 Å². The highest BCUT2D eigenvalue weighted by atomic mass is 15.1. The lowest BCUT2D eigenvalue weighted by Gasteiger charge is -2.32. The Balaban J connectivity index is 1.99. The number of hydrogen-bond donors (Lipinski definition) is 2. The molecule has 0 spiro atoms. The standard InChI is InChI=1S/C27H33N3/c1-18(2)30-16-15-19(3)25(21(30)5)17-26(23-9-7-6-8-10-23)27(29)24-13-11-22(12-14-24)20(4)28/h6-11,13-17,20,22,26-27H,1,3,5,12,28-29H2,2,4H3/b25-17+/t20-,22-,26?,27?/m1/s1. The van der Waals surface area contributed by atoms with E-state index in [9.17, 15) is 0 Å². The van der Waals surface area contributed by atoms with Crippen LogP contribution in [0.3, 0.4) is 0 Å². The van der Waals surface area contributed by atoms with E-state index in [1.807, 2.05) is 37.1 Å². The van der Waals surface area contributed by atoms with Crippen LogP contribution in [0.1, 0.15) is 31.7 Å². The monoisotopic (exact) mass is 399 g/mol. The number of allylic oxidation sites excluding steroid dienone is 4. The van der Waals surface area contributed by atoms with E-state index in [1.54, 1.807) is 0 Å². The van der Waals surface area contributed by atoms with E-state index in [0.29, 0.717) is 5.92 Å². The summed E-state index contributed by atoms with van der Waals surface area (Å²) in [5.41, 5.74) is 18.9. The molecule has 2 unspecified atom stereocenters. The van der Waals surface area contributed by atoms with E-state index in [2.05, 4.69) is 68.3 Å². The van der Waals surface area contributed by atoms with E-state index in [4.69, 9.17) is 11.5 Å². The second-order valence-corrected chi connectivity index (χ2v) is 8.26. The Hall–Kier alpha value is -2.88. The molecular weight excluding hydrogens is 366 g/mol. The van der Waals surface area contributed by atoms with Crippen LogP contribution in [0.5, 0.6) is 0 Å². The molecule has 0 bridgehead atoms. The van der Waals surface area contributed by atoms with E-state index < -0.39 is 0 Å². The minimum atomic E-state index is -0.185. The van der Waals surface area contributed by atoms with Crippen molar-refractivity contribution < 1.29 is 0 Å². The summed E-state index contributed by atoms with van der Waals surface area (Å²) < 4.78 is 0. The molecule has 0 saturated heterocycles. The van der Waals surface area contributed by atoms with Gasteiger partial charge in [0.1, 0.15) is 0 Å². The van der Waals surface area contributed by atoms with Crippen molar-refractivity contribution in [2.24, 2.45) is 17.4 Å². The molecule has 156 valence electrons. The van der Waals surface area contributed by atoms with Crippen molar-refractivity contribution in [1.29, 1.82) is 0 Å². The molecule has 4 N–H and O–H groups in total. The van der Waals surface area contributed by atoms with Crippen LogP contribution < -0.4 is 11.5 Å². The van der Waals surface area contributed by atoms with E-state index >= 15 is 0 Å². The zero-order chi connectivity index (χ0) is 21.8. The fourth-order valence-electron chi connectivity index (χ4n) is 3.98. The van der Waals surface area contributed by atoms with Crippen LogP contribution in [-0.4, -0.2) is 17.0 Å². The summed E-state index contributed by atoms with van der Waals surface area (Å²) >= 11 is 0. The summed E-state index contributed by atoms with van der Waals surface area (Å²) in [5, 5.41) is 0. The largest absolute Gasteiger partial charge is 0.327 e. The highest BCUT2D eigenvalue weighted by Gasteiger charge is 2.26. The van der Waals surface area contributed by atoms with Crippen LogP contribution in [0.25, 0.3) is 0 Å². The molecule has 0 aromatic heterocycles. The Morgan fingerprint density at radius 1 is 1.17 bits per heavy atom. The van der Waals surface area contributed by atoms with Gasteiger partial charge in [0, 0.05) is 41.2 Å². The third-order valence-electron chi connectivity index (χ3n) is 5.92. The second-order valence-electron chi connectivity index (χ2n) is 8.26. The predicted octanol–water partition coefficient (Wildman–Crippen LogP) is 5.31. The Bertz CT molecular complexity index is 944. The van der Waals surface area contributed by atoms with Crippen LogP contribution in [0.4, 0.5) is 0 Å². The van der Waals surface area contributed by atoms with Crippen molar-refractivity contribution in [3.8, 4) is 0 Å². The maximum absolute atomic E-state index is 6.84. The second kappa shape index (κ2) is 9.29. The van der Waals surface area contributed by atoms with Gasteiger partial charge in [0.25, 0.3) is 0 Å². The predicted molar refractivity (Wildman–Crippen MR) is 128 cm³/mol. The SMILES string of the molecule is C=C1C=CN(C(=C)C)C(=C)/C1=C/C(c1ccccc1)C(N)C1=CC[C@H]([C@@H](C)N)C=C1. The Morgan fingerprint density at radius 2 is 1.87 bits per heavy atom. The molecule has 1 aliphatic carbocycles. The smallest absolute Gasteiger partial charge is 0.0455 e. The van der Waals surface area contributed by atoms with Crippen LogP contribution in [0.2, 0.25) is 0 Å². The molecule has 30 heavy (non-hydrogen) atoms. The first kappa shape index (κ1) is 21.8. The average molecular weight is 400 g/mol. The molecule has 1 heterocycles. The van der Waals surface area contributed by atoms with Crippen molar-refractivity contribution in [3.05, 3.63) is 120 Å². The lowest BCUT2D eigenvalue weighted by Crippen LogP contribution is -2.32. The quantitative estimate of drug-likeness (QED) is 0.682. The molecule has 1 aromatic rings. The molecule has 3 rings (SSSR count). The molecule has 4 atom stereocenters. The number of rotatable bonds is 6.